The molecule has 0 heterocycles. The zero-order valence-electron chi connectivity index (χ0n) is 19.6. The SMILES string of the molecule is CC(N)C(=O)CCC(C)C1CCC2C3C(O)CC4CCCCC4(C)C3CC(O)C12C. The highest BCUT2D eigenvalue weighted by Crippen LogP contribution is 2.68. The third-order valence-electron chi connectivity index (χ3n) is 10.8. The fraction of sp³-hybridized carbons (Fsp3) is 0.962. The van der Waals surface area contributed by atoms with Gasteiger partial charge in [0.15, 0.2) is 0 Å². The summed E-state index contributed by atoms with van der Waals surface area (Å²) >= 11 is 0. The number of Topliss-reactive ketones (excluding diaryl/α,β-unsaturated/α-hetero) is 1. The summed E-state index contributed by atoms with van der Waals surface area (Å²) in [5.74, 6) is 2.77. The molecule has 30 heavy (non-hydrogen) atoms. The number of carbonyl (C=O) groups is 1. The quantitative estimate of drug-likeness (QED) is 0.620. The number of hydrogen-bond acceptors (Lipinski definition) is 4. The molecule has 4 heteroatoms. The van der Waals surface area contributed by atoms with E-state index in [1.807, 2.05) is 0 Å². The van der Waals surface area contributed by atoms with E-state index in [9.17, 15) is 15.0 Å². The Bertz CT molecular complexity index is 650. The maximum absolute atomic E-state index is 12.1. The van der Waals surface area contributed by atoms with E-state index in [-0.39, 0.29) is 34.9 Å². The lowest BCUT2D eigenvalue weighted by atomic mass is 9.43. The molecule has 0 spiro atoms. The summed E-state index contributed by atoms with van der Waals surface area (Å²) in [7, 11) is 0. The van der Waals surface area contributed by atoms with Crippen molar-refractivity contribution >= 4 is 5.78 Å². The topological polar surface area (TPSA) is 83.6 Å². The average molecular weight is 420 g/mol. The van der Waals surface area contributed by atoms with Crippen molar-refractivity contribution in [3.8, 4) is 0 Å². The Morgan fingerprint density at radius 2 is 1.80 bits per heavy atom. The van der Waals surface area contributed by atoms with Gasteiger partial charge in [0.05, 0.1) is 18.2 Å². The molecule has 0 aromatic heterocycles. The second-order valence-corrected chi connectivity index (χ2v) is 12.1. The molecular formula is C26H45NO3. The maximum atomic E-state index is 12.1. The number of carbonyl (C=O) groups excluding carboxylic acids is 1. The van der Waals surface area contributed by atoms with E-state index in [2.05, 4.69) is 20.8 Å². The van der Waals surface area contributed by atoms with Crippen LogP contribution in [0.5, 0.6) is 0 Å². The lowest BCUT2D eigenvalue weighted by Crippen LogP contribution is -2.61. The minimum atomic E-state index is -0.383. The van der Waals surface area contributed by atoms with Gasteiger partial charge in [-0.1, -0.05) is 33.6 Å². The summed E-state index contributed by atoms with van der Waals surface area (Å²) in [4.78, 5) is 12.1. The number of ketones is 1. The number of fused-ring (bicyclic) bond motifs is 5. The lowest BCUT2D eigenvalue weighted by Gasteiger charge is -2.63. The van der Waals surface area contributed by atoms with Crippen LogP contribution in [-0.4, -0.2) is 34.2 Å². The second-order valence-electron chi connectivity index (χ2n) is 12.1. The molecule has 172 valence electrons. The standard InChI is InChI=1S/C26H45NO3/c1-15(8-11-21(28)16(2)27)18-9-10-19-24-20(14-23(30)26(18,19)4)25(3)12-6-5-7-17(25)13-22(24)29/h15-20,22-24,29-30H,5-14,27H2,1-4H3. The predicted octanol–water partition coefficient (Wildman–Crippen LogP) is 4.31. The second kappa shape index (κ2) is 8.15. The first-order valence-electron chi connectivity index (χ1n) is 12.7. The van der Waals surface area contributed by atoms with Gasteiger partial charge in [0.1, 0.15) is 5.78 Å². The molecule has 0 amide bonds. The Kier molecular flexibility index (Phi) is 6.18. The van der Waals surface area contributed by atoms with Gasteiger partial charge in [-0.3, -0.25) is 4.79 Å². The molecule has 0 saturated heterocycles. The van der Waals surface area contributed by atoms with Gasteiger partial charge >= 0.3 is 0 Å². The molecular weight excluding hydrogens is 374 g/mol. The van der Waals surface area contributed by atoms with Crippen LogP contribution >= 0.6 is 0 Å². The van der Waals surface area contributed by atoms with Gasteiger partial charge < -0.3 is 15.9 Å². The third-order valence-corrected chi connectivity index (χ3v) is 10.8. The predicted molar refractivity (Wildman–Crippen MR) is 120 cm³/mol. The summed E-state index contributed by atoms with van der Waals surface area (Å²) < 4.78 is 0. The average Bonchev–Trinajstić information content (AvgIpc) is 3.05. The van der Waals surface area contributed by atoms with Crippen molar-refractivity contribution < 1.29 is 15.0 Å². The highest BCUT2D eigenvalue weighted by molar-refractivity contribution is 5.83. The first-order chi connectivity index (χ1) is 14.1. The Morgan fingerprint density at radius 1 is 1.07 bits per heavy atom. The van der Waals surface area contributed by atoms with Crippen molar-refractivity contribution in [2.45, 2.75) is 110 Å². The van der Waals surface area contributed by atoms with Gasteiger partial charge in [-0.15, -0.1) is 0 Å². The fourth-order valence-electron chi connectivity index (χ4n) is 8.99. The Morgan fingerprint density at radius 3 is 2.50 bits per heavy atom. The van der Waals surface area contributed by atoms with Gasteiger partial charge in [0.25, 0.3) is 0 Å². The van der Waals surface area contributed by atoms with Crippen LogP contribution in [0.1, 0.15) is 91.9 Å². The van der Waals surface area contributed by atoms with Gasteiger partial charge in [-0.05, 0) is 98.2 Å². The first kappa shape index (κ1) is 22.7. The molecule has 4 N–H and O–H groups in total. The van der Waals surface area contributed by atoms with Crippen LogP contribution in [-0.2, 0) is 4.79 Å². The van der Waals surface area contributed by atoms with Crippen LogP contribution in [0.15, 0.2) is 0 Å². The summed E-state index contributed by atoms with van der Waals surface area (Å²) in [5, 5.41) is 22.9. The van der Waals surface area contributed by atoms with E-state index in [4.69, 9.17) is 5.73 Å². The monoisotopic (exact) mass is 419 g/mol. The summed E-state index contributed by atoms with van der Waals surface area (Å²) in [6.07, 6.45) is 10.0. The number of nitrogens with two attached hydrogens (primary N) is 1. The van der Waals surface area contributed by atoms with Gasteiger partial charge in [-0.25, -0.2) is 0 Å². The highest BCUT2D eigenvalue weighted by Gasteiger charge is 2.65. The smallest absolute Gasteiger partial charge is 0.149 e. The Hall–Kier alpha value is -0.450. The van der Waals surface area contributed by atoms with Crippen molar-refractivity contribution in [2.75, 3.05) is 0 Å². The van der Waals surface area contributed by atoms with Gasteiger partial charge in [0.2, 0.25) is 0 Å². The van der Waals surface area contributed by atoms with Crippen LogP contribution in [0, 0.1) is 46.3 Å². The molecule has 11 atom stereocenters. The van der Waals surface area contributed by atoms with Crippen LogP contribution in [0.2, 0.25) is 0 Å². The van der Waals surface area contributed by atoms with Crippen molar-refractivity contribution in [2.24, 2.45) is 52.1 Å². The zero-order chi connectivity index (χ0) is 21.8. The fourth-order valence-corrected chi connectivity index (χ4v) is 8.99. The van der Waals surface area contributed by atoms with Crippen molar-refractivity contribution in [1.82, 2.24) is 0 Å². The molecule has 0 bridgehead atoms. The number of rotatable bonds is 5. The number of aliphatic hydroxyl groups excluding tert-OH is 2. The van der Waals surface area contributed by atoms with Gasteiger partial charge in [-0.2, -0.15) is 0 Å². The molecule has 4 rings (SSSR count). The summed E-state index contributed by atoms with van der Waals surface area (Å²) in [6, 6.07) is -0.383. The lowest BCUT2D eigenvalue weighted by molar-refractivity contribution is -0.201. The van der Waals surface area contributed by atoms with Crippen LogP contribution in [0.3, 0.4) is 0 Å². The van der Waals surface area contributed by atoms with E-state index in [0.29, 0.717) is 41.9 Å². The normalized spacial score (nSPS) is 50.2. The zero-order valence-corrected chi connectivity index (χ0v) is 19.6. The van der Waals surface area contributed by atoms with Crippen LogP contribution < -0.4 is 5.73 Å². The van der Waals surface area contributed by atoms with Crippen molar-refractivity contribution in [1.29, 1.82) is 0 Å². The van der Waals surface area contributed by atoms with Crippen molar-refractivity contribution in [3.63, 3.8) is 0 Å². The minimum absolute atomic E-state index is 0.142. The molecule has 4 aliphatic rings. The minimum Gasteiger partial charge on any atom is -0.393 e. The third kappa shape index (κ3) is 3.40. The molecule has 4 aliphatic carbocycles. The molecule has 4 nitrogen and oxygen atoms in total. The van der Waals surface area contributed by atoms with E-state index in [1.54, 1.807) is 6.92 Å². The van der Waals surface area contributed by atoms with E-state index in [0.717, 1.165) is 32.1 Å². The Balaban J connectivity index is 1.56. The molecule has 0 radical (unpaired) electrons. The van der Waals surface area contributed by atoms with E-state index >= 15 is 0 Å². The molecule has 11 unspecified atom stereocenters. The van der Waals surface area contributed by atoms with E-state index < -0.39 is 0 Å². The largest absolute Gasteiger partial charge is 0.393 e. The number of hydrogen-bond donors (Lipinski definition) is 3. The molecule has 4 fully saturated rings. The molecule has 0 aliphatic heterocycles. The molecule has 4 saturated carbocycles. The highest BCUT2D eigenvalue weighted by atomic mass is 16.3. The van der Waals surface area contributed by atoms with Crippen LogP contribution in [0.4, 0.5) is 0 Å². The van der Waals surface area contributed by atoms with Crippen LogP contribution in [0.25, 0.3) is 0 Å². The van der Waals surface area contributed by atoms with Gasteiger partial charge in [0, 0.05) is 6.42 Å². The maximum Gasteiger partial charge on any atom is 0.149 e. The Labute approximate surface area is 183 Å². The van der Waals surface area contributed by atoms with Crippen molar-refractivity contribution in [3.05, 3.63) is 0 Å². The molecule has 0 aromatic carbocycles. The summed E-state index contributed by atoms with van der Waals surface area (Å²) in [5.41, 5.74) is 5.91. The summed E-state index contributed by atoms with van der Waals surface area (Å²) in [6.45, 7) is 8.82. The number of aliphatic hydroxyl groups is 2. The molecule has 0 aromatic rings. The first-order valence-corrected chi connectivity index (χ1v) is 12.7. The van der Waals surface area contributed by atoms with E-state index in [1.165, 1.54) is 25.7 Å².